The largest absolute Gasteiger partial charge is 0.389 e. The molecule has 2 unspecified atom stereocenters. The summed E-state index contributed by atoms with van der Waals surface area (Å²) in [4.78, 5) is 10.7. The van der Waals surface area contributed by atoms with Crippen molar-refractivity contribution in [2.45, 2.75) is 19.1 Å². The van der Waals surface area contributed by atoms with Crippen LogP contribution in [0.25, 0.3) is 0 Å². The Morgan fingerprint density at radius 2 is 2.18 bits per heavy atom. The van der Waals surface area contributed by atoms with Crippen molar-refractivity contribution < 1.29 is 19.4 Å². The van der Waals surface area contributed by atoms with Crippen molar-refractivity contribution in [3.8, 4) is 0 Å². The highest BCUT2D eigenvalue weighted by Gasteiger charge is 2.24. The van der Waals surface area contributed by atoms with Crippen LogP contribution in [0.3, 0.4) is 0 Å². The standard InChI is InChI=1S/C11H12BrFO3S/c1-6(14)17-5-9(15)11(16)10-7(12)3-2-4-8(10)13/h2-4,9,11,15-16H,5H2,1H3. The summed E-state index contributed by atoms with van der Waals surface area (Å²) >= 11 is 4.00. The monoisotopic (exact) mass is 322 g/mol. The molecule has 3 nitrogen and oxygen atoms in total. The number of rotatable bonds is 4. The van der Waals surface area contributed by atoms with Crippen LogP contribution in [-0.2, 0) is 4.79 Å². The number of aliphatic hydroxyl groups excluding tert-OH is 2. The molecule has 0 radical (unpaired) electrons. The second-order valence-electron chi connectivity index (χ2n) is 3.45. The zero-order valence-electron chi connectivity index (χ0n) is 9.06. The van der Waals surface area contributed by atoms with Crippen molar-refractivity contribution in [2.75, 3.05) is 5.75 Å². The second kappa shape index (κ2) is 6.49. The second-order valence-corrected chi connectivity index (χ2v) is 5.50. The van der Waals surface area contributed by atoms with Gasteiger partial charge in [0.05, 0.1) is 6.10 Å². The van der Waals surface area contributed by atoms with Gasteiger partial charge in [-0.1, -0.05) is 33.8 Å². The quantitative estimate of drug-likeness (QED) is 0.892. The number of thioether (sulfide) groups is 1. The predicted octanol–water partition coefficient (Wildman–Crippen LogP) is 2.26. The van der Waals surface area contributed by atoms with E-state index in [-0.39, 0.29) is 16.4 Å². The maximum Gasteiger partial charge on any atom is 0.185 e. The molecular formula is C11H12BrFO3S. The molecule has 0 aliphatic heterocycles. The average molecular weight is 323 g/mol. The van der Waals surface area contributed by atoms with Crippen LogP contribution in [0.2, 0.25) is 0 Å². The minimum atomic E-state index is -1.36. The first-order chi connectivity index (χ1) is 7.93. The van der Waals surface area contributed by atoms with E-state index < -0.39 is 18.0 Å². The summed E-state index contributed by atoms with van der Waals surface area (Å²) in [6, 6.07) is 4.27. The van der Waals surface area contributed by atoms with Gasteiger partial charge in [0.25, 0.3) is 0 Å². The van der Waals surface area contributed by atoms with Gasteiger partial charge in [-0.15, -0.1) is 0 Å². The van der Waals surface area contributed by atoms with Gasteiger partial charge in [-0.25, -0.2) is 4.39 Å². The Hall–Kier alpha value is -0.430. The Morgan fingerprint density at radius 1 is 1.53 bits per heavy atom. The Bertz CT molecular complexity index is 393. The van der Waals surface area contributed by atoms with E-state index in [9.17, 15) is 19.4 Å². The number of aliphatic hydroxyl groups is 2. The fraction of sp³-hybridized carbons (Fsp3) is 0.364. The van der Waals surface area contributed by atoms with Gasteiger partial charge in [-0.3, -0.25) is 4.79 Å². The van der Waals surface area contributed by atoms with Gasteiger partial charge in [-0.2, -0.15) is 0 Å². The lowest BCUT2D eigenvalue weighted by Crippen LogP contribution is -2.22. The van der Waals surface area contributed by atoms with Gasteiger partial charge < -0.3 is 10.2 Å². The van der Waals surface area contributed by atoms with Crippen LogP contribution in [0, 0.1) is 5.82 Å². The Balaban J connectivity index is 2.81. The van der Waals surface area contributed by atoms with Crippen LogP contribution in [-0.4, -0.2) is 27.2 Å². The van der Waals surface area contributed by atoms with Crippen molar-refractivity contribution in [2.24, 2.45) is 0 Å². The minimum Gasteiger partial charge on any atom is -0.389 e. The van der Waals surface area contributed by atoms with E-state index in [0.29, 0.717) is 4.47 Å². The molecule has 0 spiro atoms. The van der Waals surface area contributed by atoms with Crippen LogP contribution >= 0.6 is 27.7 Å². The van der Waals surface area contributed by atoms with Crippen molar-refractivity contribution in [1.29, 1.82) is 0 Å². The summed E-state index contributed by atoms with van der Waals surface area (Å²) in [5.41, 5.74) is 0.00384. The van der Waals surface area contributed by atoms with Crippen molar-refractivity contribution >= 4 is 32.8 Å². The zero-order chi connectivity index (χ0) is 13.0. The molecule has 2 atom stereocenters. The van der Waals surface area contributed by atoms with E-state index >= 15 is 0 Å². The summed E-state index contributed by atoms with van der Waals surface area (Å²) in [5.74, 6) is -0.573. The molecule has 0 aliphatic rings. The van der Waals surface area contributed by atoms with E-state index in [0.717, 1.165) is 11.8 Å². The van der Waals surface area contributed by atoms with Crippen LogP contribution < -0.4 is 0 Å². The highest BCUT2D eigenvalue weighted by Crippen LogP contribution is 2.29. The summed E-state index contributed by atoms with van der Waals surface area (Å²) in [6.07, 6.45) is -2.56. The molecule has 0 aromatic heterocycles. The van der Waals surface area contributed by atoms with Crippen molar-refractivity contribution in [1.82, 2.24) is 0 Å². The lowest BCUT2D eigenvalue weighted by molar-refractivity contribution is -0.109. The van der Waals surface area contributed by atoms with Crippen molar-refractivity contribution in [3.63, 3.8) is 0 Å². The fourth-order valence-corrected chi connectivity index (χ4v) is 2.44. The molecule has 2 N–H and O–H groups in total. The molecule has 17 heavy (non-hydrogen) atoms. The summed E-state index contributed by atoms with van der Waals surface area (Å²) in [7, 11) is 0. The molecule has 0 saturated heterocycles. The number of hydrogen-bond acceptors (Lipinski definition) is 4. The van der Waals surface area contributed by atoms with E-state index in [1.54, 1.807) is 6.07 Å². The average Bonchev–Trinajstić information content (AvgIpc) is 2.25. The van der Waals surface area contributed by atoms with Gasteiger partial charge in [0.2, 0.25) is 0 Å². The van der Waals surface area contributed by atoms with E-state index in [1.807, 2.05) is 0 Å². The summed E-state index contributed by atoms with van der Waals surface area (Å²) in [5, 5.41) is 19.3. The van der Waals surface area contributed by atoms with Gasteiger partial charge in [-0.05, 0) is 12.1 Å². The van der Waals surface area contributed by atoms with Crippen LogP contribution in [0.5, 0.6) is 0 Å². The Morgan fingerprint density at radius 3 is 2.71 bits per heavy atom. The molecule has 6 heteroatoms. The summed E-state index contributed by atoms with van der Waals surface area (Å²) in [6.45, 7) is 1.36. The Labute approximate surface area is 111 Å². The zero-order valence-corrected chi connectivity index (χ0v) is 11.5. The number of benzene rings is 1. The number of carbonyl (C=O) groups excluding carboxylic acids is 1. The molecule has 0 bridgehead atoms. The van der Waals surface area contributed by atoms with E-state index in [1.165, 1.54) is 19.1 Å². The molecule has 1 aromatic rings. The fourth-order valence-electron chi connectivity index (χ4n) is 1.28. The van der Waals surface area contributed by atoms with Gasteiger partial charge in [0, 0.05) is 22.7 Å². The van der Waals surface area contributed by atoms with E-state index in [4.69, 9.17) is 0 Å². The predicted molar refractivity (Wildman–Crippen MR) is 68.2 cm³/mol. The van der Waals surface area contributed by atoms with E-state index in [2.05, 4.69) is 15.9 Å². The summed E-state index contributed by atoms with van der Waals surface area (Å²) < 4.78 is 13.9. The maximum atomic E-state index is 13.5. The first kappa shape index (κ1) is 14.6. The molecule has 1 aromatic carbocycles. The van der Waals surface area contributed by atoms with Crippen LogP contribution in [0.1, 0.15) is 18.6 Å². The molecule has 94 valence electrons. The third-order valence-corrected chi connectivity index (χ3v) is 3.72. The minimum absolute atomic E-state index is 0.00384. The van der Waals surface area contributed by atoms with Gasteiger partial charge >= 0.3 is 0 Å². The normalized spacial score (nSPS) is 14.4. The first-order valence-corrected chi connectivity index (χ1v) is 6.64. The molecule has 0 saturated carbocycles. The Kier molecular flexibility index (Phi) is 5.58. The molecule has 0 fully saturated rings. The molecular weight excluding hydrogens is 311 g/mol. The lowest BCUT2D eigenvalue weighted by Gasteiger charge is -2.19. The molecule has 0 aliphatic carbocycles. The molecule has 1 rings (SSSR count). The maximum absolute atomic E-state index is 13.5. The number of halogens is 2. The molecule has 0 heterocycles. The highest BCUT2D eigenvalue weighted by molar-refractivity contribution is 9.10. The van der Waals surface area contributed by atoms with Gasteiger partial charge in [0.15, 0.2) is 5.12 Å². The third-order valence-electron chi connectivity index (χ3n) is 2.12. The smallest absolute Gasteiger partial charge is 0.185 e. The topological polar surface area (TPSA) is 57.5 Å². The third kappa shape index (κ3) is 4.06. The van der Waals surface area contributed by atoms with Crippen molar-refractivity contribution in [3.05, 3.63) is 34.1 Å². The SMILES string of the molecule is CC(=O)SCC(O)C(O)c1c(F)cccc1Br. The van der Waals surface area contributed by atoms with Crippen LogP contribution in [0.4, 0.5) is 4.39 Å². The number of hydrogen-bond donors (Lipinski definition) is 2. The van der Waals surface area contributed by atoms with Gasteiger partial charge in [0.1, 0.15) is 11.9 Å². The van der Waals surface area contributed by atoms with Crippen LogP contribution in [0.15, 0.2) is 22.7 Å². The number of carbonyl (C=O) groups is 1. The first-order valence-electron chi connectivity index (χ1n) is 4.87. The lowest BCUT2D eigenvalue weighted by atomic mass is 10.1. The highest BCUT2D eigenvalue weighted by atomic mass is 79.9. The molecule has 0 amide bonds.